The summed E-state index contributed by atoms with van der Waals surface area (Å²) in [7, 11) is 0. The number of piperidine rings is 1. The van der Waals surface area contributed by atoms with Crippen molar-refractivity contribution < 1.29 is 4.74 Å². The summed E-state index contributed by atoms with van der Waals surface area (Å²) in [4.78, 5) is 8.49. The van der Waals surface area contributed by atoms with Crippen molar-refractivity contribution in [1.82, 2.24) is 15.3 Å². The van der Waals surface area contributed by atoms with Crippen LogP contribution in [0.25, 0.3) is 0 Å². The van der Waals surface area contributed by atoms with E-state index in [4.69, 9.17) is 4.74 Å². The van der Waals surface area contributed by atoms with E-state index >= 15 is 0 Å². The van der Waals surface area contributed by atoms with Crippen molar-refractivity contribution in [2.24, 2.45) is 0 Å². The van der Waals surface area contributed by atoms with Crippen LogP contribution >= 0.6 is 0 Å². The molecule has 0 bridgehead atoms. The van der Waals surface area contributed by atoms with Crippen molar-refractivity contribution in [2.45, 2.75) is 38.8 Å². The van der Waals surface area contributed by atoms with Crippen LogP contribution in [0.5, 0.6) is 5.88 Å². The van der Waals surface area contributed by atoms with Crippen LogP contribution in [0.2, 0.25) is 0 Å². The Morgan fingerprint density at radius 3 is 3.18 bits per heavy atom. The number of anilines is 1. The van der Waals surface area contributed by atoms with Crippen LogP contribution in [0.15, 0.2) is 12.4 Å². The first-order valence-electron chi connectivity index (χ1n) is 6.22. The second-order valence-corrected chi connectivity index (χ2v) is 4.40. The molecule has 0 radical (unpaired) electrons. The molecule has 1 aliphatic rings. The first kappa shape index (κ1) is 12.1. The fraction of sp³-hybridized carbons (Fsp3) is 0.667. The highest BCUT2D eigenvalue weighted by molar-refractivity contribution is 5.34. The zero-order valence-corrected chi connectivity index (χ0v) is 10.4. The molecular formula is C12H20N4O. The number of hydrogen-bond acceptors (Lipinski definition) is 5. The van der Waals surface area contributed by atoms with Gasteiger partial charge in [-0.05, 0) is 33.2 Å². The normalized spacial score (nSPS) is 24.4. The lowest BCUT2D eigenvalue weighted by Crippen LogP contribution is -2.41. The summed E-state index contributed by atoms with van der Waals surface area (Å²) in [6, 6.07) is 1.03. The number of nitrogens with zero attached hydrogens (tertiary/aromatic N) is 2. The summed E-state index contributed by atoms with van der Waals surface area (Å²) in [5.41, 5.74) is 0. The molecular weight excluding hydrogens is 216 g/mol. The van der Waals surface area contributed by atoms with Gasteiger partial charge in [0, 0.05) is 12.1 Å². The zero-order chi connectivity index (χ0) is 12.1. The van der Waals surface area contributed by atoms with Crippen molar-refractivity contribution >= 4 is 5.82 Å². The van der Waals surface area contributed by atoms with Gasteiger partial charge in [0.25, 0.3) is 0 Å². The highest BCUT2D eigenvalue weighted by atomic mass is 16.5. The van der Waals surface area contributed by atoms with Gasteiger partial charge in [0.05, 0.1) is 19.0 Å². The number of aromatic nitrogens is 2. The van der Waals surface area contributed by atoms with Gasteiger partial charge in [0.15, 0.2) is 0 Å². The quantitative estimate of drug-likeness (QED) is 0.828. The smallest absolute Gasteiger partial charge is 0.234 e. The molecule has 5 nitrogen and oxygen atoms in total. The molecule has 0 aliphatic carbocycles. The van der Waals surface area contributed by atoms with Crippen molar-refractivity contribution in [3.8, 4) is 5.88 Å². The monoisotopic (exact) mass is 236 g/mol. The third-order valence-electron chi connectivity index (χ3n) is 2.88. The number of hydrogen-bond donors (Lipinski definition) is 2. The van der Waals surface area contributed by atoms with Gasteiger partial charge in [0.2, 0.25) is 5.88 Å². The van der Waals surface area contributed by atoms with Gasteiger partial charge >= 0.3 is 0 Å². The van der Waals surface area contributed by atoms with E-state index in [0.29, 0.717) is 24.6 Å². The molecule has 2 unspecified atom stereocenters. The molecule has 2 heterocycles. The van der Waals surface area contributed by atoms with E-state index in [-0.39, 0.29) is 0 Å². The van der Waals surface area contributed by atoms with E-state index in [1.54, 1.807) is 12.4 Å². The second kappa shape index (κ2) is 5.82. The molecule has 17 heavy (non-hydrogen) atoms. The fourth-order valence-corrected chi connectivity index (χ4v) is 2.11. The van der Waals surface area contributed by atoms with Crippen molar-refractivity contribution in [3.05, 3.63) is 12.4 Å². The Bertz CT molecular complexity index is 358. The van der Waals surface area contributed by atoms with Crippen LogP contribution in [-0.2, 0) is 0 Å². The standard InChI is InChI=1S/C12H20N4O/c1-3-17-12-8-13-7-11(16-12)15-10-4-5-14-9(2)6-10/h7-10,14H,3-6H2,1-2H3,(H,15,16). The van der Waals surface area contributed by atoms with Crippen LogP contribution in [-0.4, -0.2) is 35.2 Å². The van der Waals surface area contributed by atoms with E-state index in [0.717, 1.165) is 25.2 Å². The second-order valence-electron chi connectivity index (χ2n) is 4.40. The molecule has 1 aromatic heterocycles. The minimum Gasteiger partial charge on any atom is -0.477 e. The van der Waals surface area contributed by atoms with Crippen molar-refractivity contribution in [2.75, 3.05) is 18.5 Å². The molecule has 1 saturated heterocycles. The first-order valence-corrected chi connectivity index (χ1v) is 6.22. The molecule has 1 aliphatic heterocycles. The highest BCUT2D eigenvalue weighted by Gasteiger charge is 2.18. The maximum Gasteiger partial charge on any atom is 0.234 e. The Balaban J connectivity index is 1.95. The number of ether oxygens (including phenoxy) is 1. The molecule has 0 amide bonds. The van der Waals surface area contributed by atoms with Crippen LogP contribution in [0.4, 0.5) is 5.82 Å². The Kier molecular flexibility index (Phi) is 4.14. The lowest BCUT2D eigenvalue weighted by atomic mass is 10.0. The zero-order valence-electron chi connectivity index (χ0n) is 10.4. The predicted molar refractivity (Wildman–Crippen MR) is 67.3 cm³/mol. The topological polar surface area (TPSA) is 59.1 Å². The Morgan fingerprint density at radius 1 is 1.53 bits per heavy atom. The number of nitrogens with one attached hydrogen (secondary N) is 2. The highest BCUT2D eigenvalue weighted by Crippen LogP contribution is 2.15. The lowest BCUT2D eigenvalue weighted by molar-refractivity contribution is 0.325. The van der Waals surface area contributed by atoms with E-state index in [1.807, 2.05) is 6.92 Å². The molecule has 0 saturated carbocycles. The molecule has 2 atom stereocenters. The Labute approximate surface area is 102 Å². The van der Waals surface area contributed by atoms with Gasteiger partial charge in [0.1, 0.15) is 5.82 Å². The molecule has 94 valence electrons. The molecule has 5 heteroatoms. The predicted octanol–water partition coefficient (Wildman–Crippen LogP) is 1.43. The maximum atomic E-state index is 5.33. The average molecular weight is 236 g/mol. The third kappa shape index (κ3) is 3.56. The first-order chi connectivity index (χ1) is 8.28. The number of rotatable bonds is 4. The molecule has 0 spiro atoms. The van der Waals surface area contributed by atoms with E-state index in [9.17, 15) is 0 Å². The minimum atomic E-state index is 0.470. The lowest BCUT2D eigenvalue weighted by Gasteiger charge is -2.28. The molecule has 1 fully saturated rings. The van der Waals surface area contributed by atoms with E-state index in [1.165, 1.54) is 0 Å². The van der Waals surface area contributed by atoms with Gasteiger partial charge in [-0.3, -0.25) is 4.98 Å². The van der Waals surface area contributed by atoms with Crippen LogP contribution in [0.3, 0.4) is 0 Å². The van der Waals surface area contributed by atoms with Crippen LogP contribution < -0.4 is 15.4 Å². The van der Waals surface area contributed by atoms with E-state index < -0.39 is 0 Å². The maximum absolute atomic E-state index is 5.33. The summed E-state index contributed by atoms with van der Waals surface area (Å²) in [5, 5.41) is 6.85. The Hall–Kier alpha value is -1.36. The van der Waals surface area contributed by atoms with Gasteiger partial charge in [-0.25, -0.2) is 0 Å². The molecule has 2 N–H and O–H groups in total. The molecule has 0 aromatic carbocycles. The summed E-state index contributed by atoms with van der Waals surface area (Å²) in [6.07, 6.45) is 5.61. The van der Waals surface area contributed by atoms with E-state index in [2.05, 4.69) is 27.5 Å². The summed E-state index contributed by atoms with van der Waals surface area (Å²) in [6.45, 7) is 5.81. The van der Waals surface area contributed by atoms with Crippen molar-refractivity contribution in [3.63, 3.8) is 0 Å². The largest absolute Gasteiger partial charge is 0.477 e. The SMILES string of the molecule is CCOc1cncc(NC2CCNC(C)C2)n1. The molecule has 1 aromatic rings. The van der Waals surface area contributed by atoms with Gasteiger partial charge < -0.3 is 15.4 Å². The summed E-state index contributed by atoms with van der Waals surface area (Å²) < 4.78 is 5.33. The Morgan fingerprint density at radius 2 is 2.41 bits per heavy atom. The van der Waals surface area contributed by atoms with Crippen LogP contribution in [0, 0.1) is 0 Å². The van der Waals surface area contributed by atoms with Gasteiger partial charge in [-0.1, -0.05) is 0 Å². The van der Waals surface area contributed by atoms with Gasteiger partial charge in [-0.2, -0.15) is 4.98 Å². The third-order valence-corrected chi connectivity index (χ3v) is 2.88. The molecule has 2 rings (SSSR count). The summed E-state index contributed by atoms with van der Waals surface area (Å²) >= 11 is 0. The van der Waals surface area contributed by atoms with Crippen LogP contribution in [0.1, 0.15) is 26.7 Å². The van der Waals surface area contributed by atoms with Gasteiger partial charge in [-0.15, -0.1) is 0 Å². The summed E-state index contributed by atoms with van der Waals surface area (Å²) in [5.74, 6) is 1.38. The average Bonchev–Trinajstić information content (AvgIpc) is 2.30. The van der Waals surface area contributed by atoms with Crippen molar-refractivity contribution in [1.29, 1.82) is 0 Å². The minimum absolute atomic E-state index is 0.470. The fourth-order valence-electron chi connectivity index (χ4n) is 2.11.